The van der Waals surface area contributed by atoms with Gasteiger partial charge in [-0.2, -0.15) is 0 Å². The number of piperidine rings is 3. The maximum Gasteiger partial charge on any atom is 0.408 e. The van der Waals surface area contributed by atoms with Crippen molar-refractivity contribution >= 4 is 17.0 Å². The molecular weight excluding hydrogens is 684 g/mol. The number of ether oxygens (including phenoxy) is 3. The maximum atomic E-state index is 13.2. The van der Waals surface area contributed by atoms with E-state index < -0.39 is 18.2 Å². The smallest absolute Gasteiger partial charge is 0.408 e. The molecule has 11 nitrogen and oxygen atoms in total. The second-order valence-electron chi connectivity index (χ2n) is 14.1. The number of hydrogen-bond donors (Lipinski definition) is 5. The molecule has 2 bridgehead atoms. The van der Waals surface area contributed by atoms with Crippen LogP contribution in [0, 0.1) is 5.92 Å². The predicted molar refractivity (Wildman–Crippen MR) is 207 cm³/mol. The summed E-state index contributed by atoms with van der Waals surface area (Å²) < 4.78 is 18.2. The van der Waals surface area contributed by atoms with Crippen LogP contribution < -0.4 is 25.7 Å². The van der Waals surface area contributed by atoms with Gasteiger partial charge in [0.2, 0.25) is 5.56 Å². The van der Waals surface area contributed by atoms with Gasteiger partial charge in [0.05, 0.1) is 24.3 Å². The Morgan fingerprint density at radius 1 is 0.870 bits per heavy atom. The van der Waals surface area contributed by atoms with Crippen LogP contribution in [0.2, 0.25) is 0 Å². The highest BCUT2D eigenvalue weighted by atomic mass is 16.6. The van der Waals surface area contributed by atoms with Gasteiger partial charge in [-0.1, -0.05) is 60.7 Å². The first kappa shape index (κ1) is 37.0. The van der Waals surface area contributed by atoms with Crippen molar-refractivity contribution in [2.24, 2.45) is 5.92 Å². The summed E-state index contributed by atoms with van der Waals surface area (Å²) in [4.78, 5) is 29.9. The molecular formula is C43H48N4O7. The van der Waals surface area contributed by atoms with Crippen molar-refractivity contribution in [3.8, 4) is 17.2 Å². The van der Waals surface area contributed by atoms with Gasteiger partial charge in [0.15, 0.2) is 0 Å². The monoisotopic (exact) mass is 732 g/mol. The van der Waals surface area contributed by atoms with Gasteiger partial charge >= 0.3 is 6.09 Å². The topological polar surface area (TPSA) is 145 Å². The lowest BCUT2D eigenvalue weighted by Gasteiger charge is -2.43. The highest BCUT2D eigenvalue weighted by molar-refractivity contribution is 5.87. The molecule has 3 fully saturated rings. The van der Waals surface area contributed by atoms with E-state index in [4.69, 9.17) is 14.2 Å². The molecule has 282 valence electrons. The number of rotatable bonds is 16. The van der Waals surface area contributed by atoms with Crippen molar-refractivity contribution in [2.75, 3.05) is 39.3 Å². The minimum absolute atomic E-state index is 0.0315. The minimum atomic E-state index is -0.798. The quantitative estimate of drug-likeness (QED) is 0.0749. The Bertz CT molecular complexity index is 2060. The summed E-state index contributed by atoms with van der Waals surface area (Å²) in [6, 6.07) is 31.3. The van der Waals surface area contributed by atoms with Crippen molar-refractivity contribution in [3.05, 3.63) is 136 Å². The minimum Gasteiger partial charge on any atom is -0.506 e. The number of nitrogens with one attached hydrogen (secondary N) is 3. The molecule has 3 aliphatic heterocycles. The zero-order valence-electron chi connectivity index (χ0n) is 30.3. The summed E-state index contributed by atoms with van der Waals surface area (Å²) in [5, 5.41) is 27.9. The summed E-state index contributed by atoms with van der Waals surface area (Å²) in [5.41, 5.74) is 3.47. The Labute approximate surface area is 314 Å². The molecule has 11 heteroatoms. The van der Waals surface area contributed by atoms with E-state index in [9.17, 15) is 19.8 Å². The fraction of sp³-hybridized carbons (Fsp3) is 0.349. The number of phenolic OH excluding ortho intramolecular Hbond substituents is 1. The number of aliphatic hydroxyl groups is 1. The summed E-state index contributed by atoms with van der Waals surface area (Å²) >= 11 is 0. The number of phenols is 1. The number of aromatic amines is 1. The van der Waals surface area contributed by atoms with E-state index in [-0.39, 0.29) is 17.4 Å². The first-order valence-corrected chi connectivity index (χ1v) is 18.8. The Kier molecular flexibility index (Phi) is 12.1. The van der Waals surface area contributed by atoms with Crippen LogP contribution in [0.15, 0.2) is 108 Å². The molecule has 1 amide bonds. The molecule has 5 N–H and O–H groups in total. The van der Waals surface area contributed by atoms with Gasteiger partial charge in [-0.25, -0.2) is 4.79 Å². The lowest BCUT2D eigenvalue weighted by molar-refractivity contribution is -0.0336. The highest BCUT2D eigenvalue weighted by Crippen LogP contribution is 2.31. The second-order valence-corrected chi connectivity index (χ2v) is 14.1. The van der Waals surface area contributed by atoms with E-state index >= 15 is 0 Å². The molecule has 3 saturated heterocycles. The van der Waals surface area contributed by atoms with Gasteiger partial charge in [-0.3, -0.25) is 9.69 Å². The van der Waals surface area contributed by atoms with Crippen LogP contribution >= 0.6 is 0 Å². The molecule has 4 heterocycles. The van der Waals surface area contributed by atoms with E-state index in [1.165, 1.54) is 12.1 Å². The average molecular weight is 733 g/mol. The van der Waals surface area contributed by atoms with E-state index in [0.717, 1.165) is 67.8 Å². The Morgan fingerprint density at radius 3 is 2.44 bits per heavy atom. The number of pyridine rings is 1. The van der Waals surface area contributed by atoms with Crippen LogP contribution in [-0.2, 0) is 11.3 Å². The van der Waals surface area contributed by atoms with E-state index in [2.05, 4.69) is 20.5 Å². The van der Waals surface area contributed by atoms with Crippen molar-refractivity contribution in [3.63, 3.8) is 0 Å². The lowest BCUT2D eigenvalue weighted by atomic mass is 9.86. The third-order valence-corrected chi connectivity index (χ3v) is 10.4. The largest absolute Gasteiger partial charge is 0.506 e. The molecule has 5 aromatic rings. The van der Waals surface area contributed by atoms with Crippen LogP contribution in [0.5, 0.6) is 17.2 Å². The number of hydrogen-bond acceptors (Lipinski definition) is 9. The first-order chi connectivity index (χ1) is 26.4. The second kappa shape index (κ2) is 17.6. The molecule has 54 heavy (non-hydrogen) atoms. The Balaban J connectivity index is 0.867. The van der Waals surface area contributed by atoms with Crippen LogP contribution in [0.1, 0.15) is 60.1 Å². The van der Waals surface area contributed by atoms with Crippen LogP contribution in [0.3, 0.4) is 0 Å². The highest BCUT2D eigenvalue weighted by Gasteiger charge is 2.37. The Hall–Kier alpha value is -5.36. The number of carbonyl (C=O) groups excluding carboxylic acids is 1. The molecule has 0 saturated carbocycles. The Morgan fingerprint density at radius 2 is 1.65 bits per heavy atom. The van der Waals surface area contributed by atoms with Gasteiger partial charge < -0.3 is 40.0 Å². The van der Waals surface area contributed by atoms with E-state index in [0.29, 0.717) is 54.4 Å². The number of unbranched alkanes of at least 4 members (excludes halogenated alkanes) is 1. The number of benzene rings is 4. The zero-order chi connectivity index (χ0) is 37.3. The fourth-order valence-electron chi connectivity index (χ4n) is 7.45. The van der Waals surface area contributed by atoms with E-state index in [1.807, 2.05) is 78.9 Å². The van der Waals surface area contributed by atoms with Gasteiger partial charge in [-0.15, -0.1) is 0 Å². The lowest BCUT2D eigenvalue weighted by Crippen LogP contribution is -2.52. The summed E-state index contributed by atoms with van der Waals surface area (Å²) in [5.74, 6) is 1.86. The standard InChI is InChI=1S/C43H48N4O7/c48-37-16-14-35(36-15-17-40(50)45-42(36)37)38(49)26-44-20-4-5-23-52-33-12-6-8-29(24-33)28-53-34-13-7-11-32(25-34)41(31-9-2-1-3-10-31)46-43(51)54-39-27-47-21-18-30(39)19-22-47/h1-3,6-17,24-25,30,38-39,41,44,48-49H,4-5,18-23,26-28H2,(H,45,50)(H,46,51)/t38-,39+,41?/m1/s1. The molecule has 1 unspecified atom stereocenters. The number of carbonyl (C=O) groups is 1. The zero-order valence-corrected chi connectivity index (χ0v) is 30.3. The van der Waals surface area contributed by atoms with Crippen LogP contribution in [-0.4, -0.2) is 71.6 Å². The molecule has 3 aliphatic rings. The van der Waals surface area contributed by atoms with Crippen molar-refractivity contribution in [1.29, 1.82) is 0 Å². The molecule has 1 aromatic heterocycles. The van der Waals surface area contributed by atoms with Gasteiger partial charge in [-0.05, 0) is 110 Å². The molecule has 3 atom stereocenters. The number of H-pyrrole nitrogens is 1. The number of aromatic nitrogens is 1. The van der Waals surface area contributed by atoms with Gasteiger partial charge in [0.25, 0.3) is 0 Å². The summed E-state index contributed by atoms with van der Waals surface area (Å²) in [6.07, 6.45) is 2.56. The normalized spacial score (nSPS) is 18.9. The molecule has 0 aliphatic carbocycles. The van der Waals surface area contributed by atoms with Crippen LogP contribution in [0.4, 0.5) is 4.79 Å². The number of amides is 1. The average Bonchev–Trinajstić information content (AvgIpc) is 3.20. The molecule has 4 aromatic carbocycles. The SMILES string of the molecule is O=C(NC(c1ccccc1)c1cccc(OCc2cccc(OCCCCNC[C@@H](O)c3ccc(O)c4[nH]c(=O)ccc34)c2)c1)O[C@H]1CN2CCC1CC2. The molecule has 8 rings (SSSR count). The predicted octanol–water partition coefficient (Wildman–Crippen LogP) is 6.20. The van der Waals surface area contributed by atoms with Crippen LogP contribution in [0.25, 0.3) is 10.9 Å². The third kappa shape index (κ3) is 9.40. The number of aromatic hydroxyl groups is 1. The number of nitrogens with zero attached hydrogens (tertiary/aromatic N) is 1. The number of aliphatic hydroxyl groups excluding tert-OH is 1. The number of alkyl carbamates (subject to hydrolysis) is 1. The van der Waals surface area contributed by atoms with Gasteiger partial charge in [0.1, 0.15) is 30.0 Å². The molecule has 0 spiro atoms. The van der Waals surface area contributed by atoms with Gasteiger partial charge in [0, 0.05) is 24.5 Å². The first-order valence-electron chi connectivity index (χ1n) is 18.8. The molecule has 0 radical (unpaired) electrons. The van der Waals surface area contributed by atoms with Crippen molar-refractivity contribution < 1.29 is 29.2 Å². The maximum absolute atomic E-state index is 13.2. The van der Waals surface area contributed by atoms with Crippen molar-refractivity contribution in [1.82, 2.24) is 20.5 Å². The third-order valence-electron chi connectivity index (χ3n) is 10.4. The van der Waals surface area contributed by atoms with E-state index in [1.54, 1.807) is 12.1 Å². The summed E-state index contributed by atoms with van der Waals surface area (Å²) in [7, 11) is 0. The van der Waals surface area contributed by atoms with Crippen molar-refractivity contribution in [2.45, 2.75) is 50.5 Å². The summed E-state index contributed by atoms with van der Waals surface area (Å²) in [6.45, 7) is 4.91. The fourth-order valence-corrected chi connectivity index (χ4v) is 7.45. The number of fused-ring (bicyclic) bond motifs is 4.